The molecule has 0 aliphatic carbocycles. The van der Waals surface area contributed by atoms with Crippen LogP contribution in [-0.2, 0) is 21.5 Å². The maximum atomic E-state index is 12.8. The van der Waals surface area contributed by atoms with Gasteiger partial charge in [0.1, 0.15) is 5.75 Å². The molecule has 166 valence electrons. The number of carbonyl (C=O) groups excluding carboxylic acids is 1. The van der Waals surface area contributed by atoms with Crippen molar-refractivity contribution in [3.63, 3.8) is 0 Å². The van der Waals surface area contributed by atoms with Gasteiger partial charge in [-0.1, -0.05) is 26.8 Å². The third-order valence-corrected chi connectivity index (χ3v) is 6.26. The van der Waals surface area contributed by atoms with Crippen LogP contribution in [0.2, 0.25) is 0 Å². The number of carbonyl (C=O) groups is 1. The molecule has 0 heterocycles. The van der Waals surface area contributed by atoms with Crippen molar-refractivity contribution < 1.29 is 17.4 Å². The van der Waals surface area contributed by atoms with Crippen LogP contribution in [0.5, 0.6) is 5.75 Å². The minimum absolute atomic E-state index is 0.0549. The van der Waals surface area contributed by atoms with E-state index in [1.807, 2.05) is 44.7 Å². The van der Waals surface area contributed by atoms with Crippen LogP contribution in [0.15, 0.2) is 18.2 Å². The summed E-state index contributed by atoms with van der Waals surface area (Å²) in [6.45, 7) is 15.7. The highest BCUT2D eigenvalue weighted by molar-refractivity contribution is 7.87. The fourth-order valence-corrected chi connectivity index (χ4v) is 3.64. The fourth-order valence-electron chi connectivity index (χ4n) is 3.09. The minimum Gasteiger partial charge on any atom is -0.382 e. The summed E-state index contributed by atoms with van der Waals surface area (Å²) in [6.07, 6.45) is 1.29. The maximum absolute atomic E-state index is 12.8. The molecule has 1 aromatic rings. The molecule has 1 rings (SSSR count). The zero-order valence-corrected chi connectivity index (χ0v) is 19.9. The van der Waals surface area contributed by atoms with E-state index in [4.69, 9.17) is 4.18 Å². The monoisotopic (exact) mass is 426 g/mol. The summed E-state index contributed by atoms with van der Waals surface area (Å²) < 4.78 is 29.8. The molecule has 7 heteroatoms. The van der Waals surface area contributed by atoms with Gasteiger partial charge in [0, 0.05) is 49.4 Å². The van der Waals surface area contributed by atoms with Crippen LogP contribution in [0, 0.1) is 5.92 Å². The molecule has 0 saturated heterocycles. The first kappa shape index (κ1) is 25.3. The number of hydrogen-bond acceptors (Lipinski definition) is 5. The van der Waals surface area contributed by atoms with E-state index in [1.165, 1.54) is 0 Å². The van der Waals surface area contributed by atoms with Crippen LogP contribution in [0.3, 0.4) is 0 Å². The van der Waals surface area contributed by atoms with E-state index < -0.39 is 10.1 Å². The molecule has 1 aromatic carbocycles. The lowest BCUT2D eigenvalue weighted by Crippen LogP contribution is -2.38. The van der Waals surface area contributed by atoms with Crippen LogP contribution < -0.4 is 9.08 Å². The number of benzene rings is 1. The molecule has 0 fully saturated rings. The first-order chi connectivity index (χ1) is 13.6. The van der Waals surface area contributed by atoms with E-state index in [0.29, 0.717) is 24.3 Å². The first-order valence-electron chi connectivity index (χ1n) is 10.7. The second kappa shape index (κ2) is 11.4. The van der Waals surface area contributed by atoms with Crippen LogP contribution in [-0.4, -0.2) is 44.1 Å². The van der Waals surface area contributed by atoms with E-state index in [2.05, 4.69) is 18.7 Å². The summed E-state index contributed by atoms with van der Waals surface area (Å²) >= 11 is 0. The Kier molecular flexibility index (Phi) is 9.96. The summed E-state index contributed by atoms with van der Waals surface area (Å²) in [4.78, 5) is 16.8. The first-order valence-corrected chi connectivity index (χ1v) is 12.3. The predicted molar refractivity (Wildman–Crippen MR) is 120 cm³/mol. The number of amides is 1. The molecule has 0 unspecified atom stereocenters. The van der Waals surface area contributed by atoms with Gasteiger partial charge < -0.3 is 14.0 Å². The summed E-state index contributed by atoms with van der Waals surface area (Å²) in [7, 11) is -3.67. The molecule has 0 aliphatic heterocycles. The van der Waals surface area contributed by atoms with Gasteiger partial charge >= 0.3 is 10.1 Å². The standard InChI is InChI=1S/C22H38N2O4S/c1-8-18(7)24(22(25)14-17(5)6)16-19-12-13-20(23(9-2)10-3)15-21(19)28-29(26,27)11-4/h12-13,15,17-18H,8-11,14,16H2,1-7H3/t18-/m1/s1. The average Bonchev–Trinajstić information content (AvgIpc) is 2.66. The van der Waals surface area contributed by atoms with Gasteiger partial charge in [0.05, 0.1) is 5.75 Å². The molecular formula is C22H38N2O4S. The van der Waals surface area contributed by atoms with Gasteiger partial charge in [0.2, 0.25) is 5.91 Å². The van der Waals surface area contributed by atoms with Gasteiger partial charge in [-0.3, -0.25) is 4.79 Å². The maximum Gasteiger partial charge on any atom is 0.308 e. The van der Waals surface area contributed by atoms with Gasteiger partial charge in [-0.25, -0.2) is 0 Å². The minimum atomic E-state index is -3.67. The van der Waals surface area contributed by atoms with Gasteiger partial charge in [-0.05, 0) is 46.1 Å². The van der Waals surface area contributed by atoms with E-state index in [9.17, 15) is 13.2 Å². The fraction of sp³-hybridized carbons (Fsp3) is 0.682. The van der Waals surface area contributed by atoms with Crippen molar-refractivity contribution in [3.05, 3.63) is 23.8 Å². The molecule has 0 saturated carbocycles. The molecule has 29 heavy (non-hydrogen) atoms. The lowest BCUT2D eigenvalue weighted by atomic mass is 10.1. The van der Waals surface area contributed by atoms with E-state index in [1.54, 1.807) is 13.0 Å². The smallest absolute Gasteiger partial charge is 0.308 e. The second-order valence-electron chi connectivity index (χ2n) is 7.77. The van der Waals surface area contributed by atoms with Crippen molar-refractivity contribution in [2.75, 3.05) is 23.7 Å². The number of anilines is 1. The SMILES string of the molecule is CC[C@@H](C)N(Cc1ccc(N(CC)CC)cc1OS(=O)(=O)CC)C(=O)CC(C)C. The molecule has 0 aromatic heterocycles. The third-order valence-electron chi connectivity index (χ3n) is 5.12. The zero-order valence-electron chi connectivity index (χ0n) is 19.1. The van der Waals surface area contributed by atoms with E-state index in [0.717, 1.165) is 25.2 Å². The highest BCUT2D eigenvalue weighted by Gasteiger charge is 2.23. The lowest BCUT2D eigenvalue weighted by Gasteiger charge is -2.30. The molecule has 0 N–H and O–H groups in total. The van der Waals surface area contributed by atoms with Crippen molar-refractivity contribution in [2.45, 2.75) is 73.9 Å². The molecule has 1 atom stereocenters. The van der Waals surface area contributed by atoms with Gasteiger partial charge in [0.15, 0.2) is 0 Å². The Hall–Kier alpha value is -1.76. The summed E-state index contributed by atoms with van der Waals surface area (Å²) in [6, 6.07) is 5.68. The number of nitrogens with zero attached hydrogens (tertiary/aromatic N) is 2. The summed E-state index contributed by atoms with van der Waals surface area (Å²) in [5, 5.41) is 0. The van der Waals surface area contributed by atoms with Gasteiger partial charge in [-0.2, -0.15) is 8.42 Å². The lowest BCUT2D eigenvalue weighted by molar-refractivity contribution is -0.134. The number of rotatable bonds is 12. The van der Waals surface area contributed by atoms with Crippen molar-refractivity contribution in [2.24, 2.45) is 5.92 Å². The predicted octanol–water partition coefficient (Wildman–Crippen LogP) is 4.43. The van der Waals surface area contributed by atoms with Crippen molar-refractivity contribution in [3.8, 4) is 5.75 Å². The van der Waals surface area contributed by atoms with Crippen molar-refractivity contribution in [1.29, 1.82) is 0 Å². The van der Waals surface area contributed by atoms with Crippen molar-refractivity contribution in [1.82, 2.24) is 4.90 Å². The Bertz CT molecular complexity index is 758. The Labute approximate surface area is 177 Å². The van der Waals surface area contributed by atoms with Crippen LogP contribution in [0.1, 0.15) is 66.9 Å². The molecule has 0 radical (unpaired) electrons. The molecule has 0 aliphatic rings. The summed E-state index contributed by atoms with van der Waals surface area (Å²) in [5.41, 5.74) is 1.61. The normalized spacial score (nSPS) is 12.7. The van der Waals surface area contributed by atoms with Crippen LogP contribution >= 0.6 is 0 Å². The van der Waals surface area contributed by atoms with Crippen molar-refractivity contribution >= 4 is 21.7 Å². The molecule has 1 amide bonds. The highest BCUT2D eigenvalue weighted by Crippen LogP contribution is 2.29. The third kappa shape index (κ3) is 7.53. The summed E-state index contributed by atoms with van der Waals surface area (Å²) in [5.74, 6) is 0.534. The molecule has 6 nitrogen and oxygen atoms in total. The van der Waals surface area contributed by atoms with Gasteiger partial charge in [-0.15, -0.1) is 0 Å². The quantitative estimate of drug-likeness (QED) is 0.462. The topological polar surface area (TPSA) is 66.9 Å². The van der Waals surface area contributed by atoms with E-state index in [-0.39, 0.29) is 23.6 Å². The van der Waals surface area contributed by atoms with Crippen LogP contribution in [0.4, 0.5) is 5.69 Å². The Morgan fingerprint density at radius 1 is 1.07 bits per heavy atom. The molecule has 0 bridgehead atoms. The average molecular weight is 427 g/mol. The highest BCUT2D eigenvalue weighted by atomic mass is 32.2. The number of hydrogen-bond donors (Lipinski definition) is 0. The molecule has 0 spiro atoms. The Morgan fingerprint density at radius 2 is 1.69 bits per heavy atom. The van der Waals surface area contributed by atoms with E-state index >= 15 is 0 Å². The second-order valence-corrected chi connectivity index (χ2v) is 9.63. The molecular weight excluding hydrogens is 388 g/mol. The zero-order chi connectivity index (χ0) is 22.2. The van der Waals surface area contributed by atoms with Gasteiger partial charge in [0.25, 0.3) is 0 Å². The Balaban J connectivity index is 3.36. The largest absolute Gasteiger partial charge is 0.382 e. The Morgan fingerprint density at radius 3 is 2.17 bits per heavy atom. The van der Waals surface area contributed by atoms with Crippen LogP contribution in [0.25, 0.3) is 0 Å².